The molecule has 29 heavy (non-hydrogen) atoms. The van der Waals surface area contributed by atoms with Gasteiger partial charge in [-0.25, -0.2) is 4.79 Å². The van der Waals surface area contributed by atoms with Crippen molar-refractivity contribution in [3.63, 3.8) is 0 Å². The average Bonchev–Trinajstić information content (AvgIpc) is 2.72. The second-order valence-corrected chi connectivity index (χ2v) is 7.31. The molecular weight excluding hydrogens is 366 g/mol. The molecule has 0 saturated heterocycles. The van der Waals surface area contributed by atoms with Crippen LogP contribution in [-0.2, 0) is 4.79 Å². The molecule has 0 saturated carbocycles. The van der Waals surface area contributed by atoms with Gasteiger partial charge in [0, 0.05) is 6.54 Å². The van der Waals surface area contributed by atoms with Crippen LogP contribution in [0.2, 0.25) is 0 Å². The molecule has 0 radical (unpaired) electrons. The molecule has 0 aliphatic heterocycles. The molecule has 0 fully saturated rings. The molecule has 0 aromatic heterocycles. The van der Waals surface area contributed by atoms with E-state index in [0.29, 0.717) is 0 Å². The lowest BCUT2D eigenvalue weighted by atomic mass is 10.1. The standard InChI is InChI=1S/C13H27NO.C11H8O3/c1-2-3-4-5-6-7-8-9-10-11-12-14-13-15;12-10-4-3-7-5-9(11(13)14)2-1-8(7)6-10/h13H,2-12H2,1H3,(H,14,15);1-6,12H,(H,13,14). The maximum Gasteiger partial charge on any atom is 0.335 e. The molecule has 0 unspecified atom stereocenters. The lowest BCUT2D eigenvalue weighted by molar-refractivity contribution is -0.109. The third kappa shape index (κ3) is 11.1. The summed E-state index contributed by atoms with van der Waals surface area (Å²) in [6.45, 7) is 3.10. The summed E-state index contributed by atoms with van der Waals surface area (Å²) >= 11 is 0. The topological polar surface area (TPSA) is 86.6 Å². The van der Waals surface area contributed by atoms with Crippen LogP contribution in [0, 0.1) is 0 Å². The van der Waals surface area contributed by atoms with Crippen LogP contribution in [-0.4, -0.2) is 29.1 Å². The highest BCUT2D eigenvalue weighted by Gasteiger charge is 2.03. The zero-order valence-electron chi connectivity index (χ0n) is 17.5. The Labute approximate surface area is 174 Å². The molecule has 5 heteroatoms. The van der Waals surface area contributed by atoms with Crippen molar-refractivity contribution in [2.24, 2.45) is 0 Å². The number of amides is 1. The van der Waals surface area contributed by atoms with Gasteiger partial charge in [-0.15, -0.1) is 0 Å². The maximum absolute atomic E-state index is 10.7. The molecule has 0 aliphatic carbocycles. The van der Waals surface area contributed by atoms with E-state index in [9.17, 15) is 14.7 Å². The lowest BCUT2D eigenvalue weighted by Crippen LogP contribution is -2.11. The second kappa shape index (κ2) is 15.4. The van der Waals surface area contributed by atoms with Crippen molar-refractivity contribution in [2.75, 3.05) is 6.54 Å². The Morgan fingerprint density at radius 2 is 1.41 bits per heavy atom. The summed E-state index contributed by atoms with van der Waals surface area (Å²) in [7, 11) is 0. The first-order valence-corrected chi connectivity index (χ1v) is 10.7. The summed E-state index contributed by atoms with van der Waals surface area (Å²) in [6.07, 6.45) is 14.2. The minimum Gasteiger partial charge on any atom is -0.508 e. The van der Waals surface area contributed by atoms with Crippen molar-refractivity contribution >= 4 is 23.2 Å². The Kier molecular flexibility index (Phi) is 13.0. The molecule has 160 valence electrons. The smallest absolute Gasteiger partial charge is 0.335 e. The van der Waals surface area contributed by atoms with Crippen LogP contribution >= 0.6 is 0 Å². The average molecular weight is 402 g/mol. The number of aromatic carboxylic acids is 1. The van der Waals surface area contributed by atoms with Gasteiger partial charge in [0.2, 0.25) is 6.41 Å². The third-order valence-electron chi connectivity index (χ3n) is 4.83. The number of rotatable bonds is 13. The van der Waals surface area contributed by atoms with Crippen molar-refractivity contribution < 1.29 is 19.8 Å². The van der Waals surface area contributed by atoms with Gasteiger partial charge >= 0.3 is 5.97 Å². The highest BCUT2D eigenvalue weighted by molar-refractivity contribution is 5.94. The number of benzene rings is 2. The summed E-state index contributed by atoms with van der Waals surface area (Å²) in [4.78, 5) is 20.6. The third-order valence-corrected chi connectivity index (χ3v) is 4.83. The summed E-state index contributed by atoms with van der Waals surface area (Å²) in [6, 6.07) is 9.60. The fraction of sp³-hybridized carbons (Fsp3) is 0.500. The molecule has 0 heterocycles. The molecule has 0 atom stereocenters. The van der Waals surface area contributed by atoms with Gasteiger partial charge in [-0.05, 0) is 41.5 Å². The molecule has 3 N–H and O–H groups in total. The number of hydrogen-bond donors (Lipinski definition) is 3. The molecule has 2 aromatic carbocycles. The number of carbonyl (C=O) groups excluding carboxylic acids is 1. The maximum atomic E-state index is 10.7. The monoisotopic (exact) mass is 401 g/mol. The molecule has 1 amide bonds. The number of unbranched alkanes of at least 4 members (excludes halogenated alkanes) is 9. The fourth-order valence-corrected chi connectivity index (χ4v) is 3.14. The predicted octanol–water partition coefficient (Wildman–Crippen LogP) is 5.90. The first-order valence-electron chi connectivity index (χ1n) is 10.7. The van der Waals surface area contributed by atoms with E-state index < -0.39 is 5.97 Å². The Hall–Kier alpha value is -2.56. The van der Waals surface area contributed by atoms with Gasteiger partial charge in [0.1, 0.15) is 5.75 Å². The van der Waals surface area contributed by atoms with Gasteiger partial charge in [-0.2, -0.15) is 0 Å². The van der Waals surface area contributed by atoms with E-state index in [1.54, 1.807) is 24.3 Å². The highest BCUT2D eigenvalue weighted by atomic mass is 16.4. The van der Waals surface area contributed by atoms with E-state index in [-0.39, 0.29) is 11.3 Å². The summed E-state index contributed by atoms with van der Waals surface area (Å²) < 4.78 is 0. The summed E-state index contributed by atoms with van der Waals surface area (Å²) in [5, 5.41) is 22.3. The number of hydrogen-bond acceptors (Lipinski definition) is 3. The van der Waals surface area contributed by atoms with Crippen molar-refractivity contribution in [2.45, 2.75) is 71.1 Å². The summed E-state index contributed by atoms with van der Waals surface area (Å²) in [5.74, 6) is -0.763. The number of phenols is 1. The van der Waals surface area contributed by atoms with Crippen LogP contribution < -0.4 is 5.32 Å². The Morgan fingerprint density at radius 3 is 2.00 bits per heavy atom. The minimum absolute atomic E-state index is 0.181. The lowest BCUT2D eigenvalue weighted by Gasteiger charge is -2.01. The van der Waals surface area contributed by atoms with Crippen molar-refractivity contribution in [1.29, 1.82) is 0 Å². The van der Waals surface area contributed by atoms with E-state index in [4.69, 9.17) is 5.11 Å². The Balaban J connectivity index is 0.000000290. The van der Waals surface area contributed by atoms with E-state index in [2.05, 4.69) is 12.2 Å². The number of phenolic OH excluding ortho intramolecular Hbond substituents is 1. The molecule has 2 rings (SSSR count). The van der Waals surface area contributed by atoms with Crippen molar-refractivity contribution in [3.05, 3.63) is 42.0 Å². The zero-order chi connectivity index (χ0) is 21.3. The first-order chi connectivity index (χ1) is 14.1. The van der Waals surface area contributed by atoms with Gasteiger partial charge in [-0.1, -0.05) is 76.8 Å². The number of carbonyl (C=O) groups is 2. The van der Waals surface area contributed by atoms with Crippen molar-refractivity contribution in [1.82, 2.24) is 5.32 Å². The van der Waals surface area contributed by atoms with Crippen LogP contribution in [0.5, 0.6) is 5.75 Å². The highest BCUT2D eigenvalue weighted by Crippen LogP contribution is 2.20. The van der Waals surface area contributed by atoms with Gasteiger partial charge < -0.3 is 15.5 Å². The van der Waals surface area contributed by atoms with Crippen LogP contribution in [0.1, 0.15) is 81.5 Å². The Bertz CT molecular complexity index is 730. The van der Waals surface area contributed by atoms with E-state index in [1.807, 2.05) is 0 Å². The van der Waals surface area contributed by atoms with Gasteiger partial charge in [0.05, 0.1) is 5.56 Å². The van der Waals surface area contributed by atoms with Gasteiger partial charge in [0.15, 0.2) is 0 Å². The number of aromatic hydroxyl groups is 1. The molecular formula is C24H35NO4. The number of carboxylic acid groups (broad SMARTS) is 1. The van der Waals surface area contributed by atoms with Gasteiger partial charge in [0.25, 0.3) is 0 Å². The van der Waals surface area contributed by atoms with Crippen LogP contribution in [0.15, 0.2) is 36.4 Å². The van der Waals surface area contributed by atoms with E-state index >= 15 is 0 Å². The van der Waals surface area contributed by atoms with Crippen LogP contribution in [0.3, 0.4) is 0 Å². The zero-order valence-corrected chi connectivity index (χ0v) is 17.5. The molecule has 2 aromatic rings. The molecule has 0 bridgehead atoms. The molecule has 5 nitrogen and oxygen atoms in total. The number of carboxylic acids is 1. The predicted molar refractivity (Wildman–Crippen MR) is 118 cm³/mol. The van der Waals surface area contributed by atoms with Crippen LogP contribution in [0.4, 0.5) is 0 Å². The normalized spacial score (nSPS) is 10.2. The van der Waals surface area contributed by atoms with E-state index in [1.165, 1.54) is 69.9 Å². The number of nitrogens with one attached hydrogen (secondary N) is 1. The quantitative estimate of drug-likeness (QED) is 0.288. The van der Waals surface area contributed by atoms with Crippen LogP contribution in [0.25, 0.3) is 10.8 Å². The fourth-order valence-electron chi connectivity index (χ4n) is 3.14. The van der Waals surface area contributed by atoms with Gasteiger partial charge in [-0.3, -0.25) is 4.79 Å². The number of fused-ring (bicyclic) bond motifs is 1. The van der Waals surface area contributed by atoms with Crippen molar-refractivity contribution in [3.8, 4) is 5.75 Å². The minimum atomic E-state index is -0.944. The summed E-state index contributed by atoms with van der Waals surface area (Å²) in [5.41, 5.74) is 0.253. The van der Waals surface area contributed by atoms with E-state index in [0.717, 1.165) is 30.1 Å². The molecule has 0 spiro atoms. The largest absolute Gasteiger partial charge is 0.508 e. The molecule has 0 aliphatic rings. The Morgan fingerprint density at radius 1 is 0.862 bits per heavy atom. The first kappa shape index (κ1) is 24.5. The second-order valence-electron chi connectivity index (χ2n) is 7.31. The SMILES string of the molecule is CCCCCCCCCCCCNC=O.O=C(O)c1ccc2cc(O)ccc2c1.